The number of nitrogens with one attached hydrogen (secondary N) is 1. The van der Waals surface area contributed by atoms with Crippen molar-refractivity contribution < 1.29 is 13.5 Å². The molecule has 5 nitrogen and oxygen atoms in total. The maximum Gasteiger partial charge on any atom is 0.238 e. The monoisotopic (exact) mass is 422 g/mol. The number of fused-ring (bicyclic) bond motifs is 1. The number of aromatic nitrogens is 3. The molecular formula is C22H16F2N4OS. The predicted molar refractivity (Wildman–Crippen MR) is 112 cm³/mol. The van der Waals surface area contributed by atoms with Gasteiger partial charge in [0.2, 0.25) is 5.88 Å². The number of anilines is 1. The summed E-state index contributed by atoms with van der Waals surface area (Å²) in [5.41, 5.74) is 3.25. The van der Waals surface area contributed by atoms with E-state index in [4.69, 9.17) is 9.72 Å². The summed E-state index contributed by atoms with van der Waals surface area (Å²) in [4.78, 5) is 14.3. The second-order valence-corrected chi connectivity index (χ2v) is 8.06. The Kier molecular flexibility index (Phi) is 4.63. The summed E-state index contributed by atoms with van der Waals surface area (Å²) in [7, 11) is 0. The zero-order valence-corrected chi connectivity index (χ0v) is 16.7. The van der Waals surface area contributed by atoms with Crippen molar-refractivity contribution in [2.45, 2.75) is 13.0 Å². The number of pyridine rings is 2. The molecule has 4 heterocycles. The Bertz CT molecular complexity index is 1210. The van der Waals surface area contributed by atoms with Gasteiger partial charge in [-0.3, -0.25) is 4.98 Å². The van der Waals surface area contributed by atoms with Gasteiger partial charge in [-0.15, -0.1) is 11.3 Å². The van der Waals surface area contributed by atoms with Crippen LogP contribution in [0, 0.1) is 18.6 Å². The Balaban J connectivity index is 1.45. The lowest BCUT2D eigenvalue weighted by atomic mass is 10.1. The van der Waals surface area contributed by atoms with E-state index < -0.39 is 17.7 Å². The molecule has 5 rings (SSSR count). The number of ether oxygens (including phenoxy) is 1. The fourth-order valence-electron chi connectivity index (χ4n) is 3.44. The SMILES string of the molecule is Cc1sc(-c2ccncc2)nc1-c1cnc2c(c1)NCC(c1c(F)cccc1F)O2. The number of hydrogen-bond donors (Lipinski definition) is 1. The molecule has 0 bridgehead atoms. The minimum atomic E-state index is -0.795. The van der Waals surface area contributed by atoms with Gasteiger partial charge in [0, 0.05) is 34.6 Å². The van der Waals surface area contributed by atoms with Gasteiger partial charge in [0.1, 0.15) is 22.7 Å². The van der Waals surface area contributed by atoms with Crippen LogP contribution in [0.3, 0.4) is 0 Å². The summed E-state index contributed by atoms with van der Waals surface area (Å²) >= 11 is 1.60. The largest absolute Gasteiger partial charge is 0.466 e. The van der Waals surface area contributed by atoms with Gasteiger partial charge in [-0.25, -0.2) is 18.7 Å². The van der Waals surface area contributed by atoms with Crippen LogP contribution >= 0.6 is 11.3 Å². The minimum absolute atomic E-state index is 0.0983. The van der Waals surface area contributed by atoms with Crippen molar-refractivity contribution in [1.82, 2.24) is 15.0 Å². The van der Waals surface area contributed by atoms with Crippen molar-refractivity contribution in [2.75, 3.05) is 11.9 Å². The van der Waals surface area contributed by atoms with E-state index >= 15 is 0 Å². The van der Waals surface area contributed by atoms with Crippen LogP contribution < -0.4 is 10.1 Å². The topological polar surface area (TPSA) is 59.9 Å². The van der Waals surface area contributed by atoms with Gasteiger partial charge >= 0.3 is 0 Å². The van der Waals surface area contributed by atoms with Crippen LogP contribution in [0.2, 0.25) is 0 Å². The molecule has 0 spiro atoms. The van der Waals surface area contributed by atoms with E-state index in [1.54, 1.807) is 29.9 Å². The van der Waals surface area contributed by atoms with Crippen LogP contribution in [0.1, 0.15) is 16.5 Å². The molecule has 4 aromatic rings. The third-order valence-corrected chi connectivity index (χ3v) is 5.92. The molecule has 1 N–H and O–H groups in total. The Morgan fingerprint density at radius 1 is 1.10 bits per heavy atom. The number of halogens is 2. The molecule has 1 aliphatic heterocycles. The average molecular weight is 422 g/mol. The van der Waals surface area contributed by atoms with E-state index in [1.807, 2.05) is 25.1 Å². The molecule has 1 unspecified atom stereocenters. The van der Waals surface area contributed by atoms with Crippen molar-refractivity contribution in [3.05, 3.63) is 77.1 Å². The van der Waals surface area contributed by atoms with E-state index in [0.29, 0.717) is 11.6 Å². The summed E-state index contributed by atoms with van der Waals surface area (Å²) in [5, 5.41) is 4.08. The van der Waals surface area contributed by atoms with Crippen LogP contribution in [0.5, 0.6) is 5.88 Å². The lowest BCUT2D eigenvalue weighted by Gasteiger charge is -2.27. The first-order valence-corrected chi connectivity index (χ1v) is 10.1. The number of hydrogen-bond acceptors (Lipinski definition) is 6. The van der Waals surface area contributed by atoms with Gasteiger partial charge in [0.15, 0.2) is 0 Å². The second-order valence-electron chi connectivity index (χ2n) is 6.86. The Labute approximate surface area is 175 Å². The van der Waals surface area contributed by atoms with Crippen molar-refractivity contribution in [3.63, 3.8) is 0 Å². The Morgan fingerprint density at radius 2 is 1.87 bits per heavy atom. The van der Waals surface area contributed by atoms with Crippen molar-refractivity contribution >= 4 is 17.0 Å². The molecule has 1 aromatic carbocycles. The molecule has 8 heteroatoms. The van der Waals surface area contributed by atoms with Crippen molar-refractivity contribution in [3.8, 4) is 27.7 Å². The number of rotatable bonds is 3. The Morgan fingerprint density at radius 3 is 2.63 bits per heavy atom. The molecular weight excluding hydrogens is 406 g/mol. The molecule has 3 aromatic heterocycles. The molecule has 0 saturated heterocycles. The normalized spacial score (nSPS) is 15.2. The highest BCUT2D eigenvalue weighted by atomic mass is 32.1. The van der Waals surface area contributed by atoms with Crippen LogP contribution in [-0.2, 0) is 0 Å². The van der Waals surface area contributed by atoms with Gasteiger partial charge in [-0.1, -0.05) is 6.07 Å². The number of nitrogens with zero attached hydrogens (tertiary/aromatic N) is 3. The van der Waals surface area contributed by atoms with Gasteiger partial charge in [-0.2, -0.15) is 0 Å². The zero-order valence-electron chi connectivity index (χ0n) is 15.9. The molecule has 150 valence electrons. The van der Waals surface area contributed by atoms with Gasteiger partial charge in [0.25, 0.3) is 0 Å². The number of benzene rings is 1. The molecule has 0 saturated carbocycles. The van der Waals surface area contributed by atoms with Gasteiger partial charge in [-0.05, 0) is 37.3 Å². The third-order valence-electron chi connectivity index (χ3n) is 4.90. The molecule has 0 radical (unpaired) electrons. The lowest BCUT2D eigenvalue weighted by molar-refractivity contribution is 0.191. The summed E-state index contributed by atoms with van der Waals surface area (Å²) in [5.74, 6) is -0.966. The van der Waals surface area contributed by atoms with Crippen molar-refractivity contribution in [2.24, 2.45) is 0 Å². The lowest BCUT2D eigenvalue weighted by Crippen LogP contribution is -2.26. The fourth-order valence-corrected chi connectivity index (χ4v) is 4.38. The Hall–Kier alpha value is -3.39. The fraction of sp³-hybridized carbons (Fsp3) is 0.136. The average Bonchev–Trinajstić information content (AvgIpc) is 3.15. The molecule has 1 aliphatic rings. The van der Waals surface area contributed by atoms with E-state index in [1.165, 1.54) is 18.2 Å². The van der Waals surface area contributed by atoms with E-state index in [2.05, 4.69) is 15.3 Å². The smallest absolute Gasteiger partial charge is 0.238 e. The molecule has 0 fully saturated rings. The first kappa shape index (κ1) is 18.6. The molecule has 0 aliphatic carbocycles. The highest BCUT2D eigenvalue weighted by Crippen LogP contribution is 2.38. The highest BCUT2D eigenvalue weighted by molar-refractivity contribution is 7.15. The van der Waals surface area contributed by atoms with Crippen LogP contribution in [0.4, 0.5) is 14.5 Å². The minimum Gasteiger partial charge on any atom is -0.466 e. The van der Waals surface area contributed by atoms with E-state index in [-0.39, 0.29) is 12.1 Å². The quantitative estimate of drug-likeness (QED) is 0.479. The summed E-state index contributed by atoms with van der Waals surface area (Å²) in [6, 6.07) is 9.52. The number of aryl methyl sites for hydroxylation is 1. The standard InChI is InChI=1S/C22H16F2N4OS/c1-12-20(28-22(30-12)13-5-7-25-8-6-13)14-9-17-21(27-10-14)29-18(11-26-17)19-15(23)3-2-4-16(19)24/h2-10,18,26H,11H2,1H3. The predicted octanol–water partition coefficient (Wildman–Crippen LogP) is 5.40. The van der Waals surface area contributed by atoms with Crippen LogP contribution in [0.15, 0.2) is 55.0 Å². The van der Waals surface area contributed by atoms with Crippen molar-refractivity contribution in [1.29, 1.82) is 0 Å². The zero-order chi connectivity index (χ0) is 20.7. The second kappa shape index (κ2) is 7.46. The van der Waals surface area contributed by atoms with Crippen LogP contribution in [-0.4, -0.2) is 21.5 Å². The number of thiazole rings is 1. The third kappa shape index (κ3) is 3.29. The van der Waals surface area contributed by atoms with E-state index in [9.17, 15) is 8.78 Å². The van der Waals surface area contributed by atoms with Gasteiger partial charge < -0.3 is 10.1 Å². The summed E-state index contributed by atoms with van der Waals surface area (Å²) in [6.07, 6.45) is 4.35. The molecule has 1 atom stereocenters. The van der Waals surface area contributed by atoms with Crippen LogP contribution in [0.25, 0.3) is 21.8 Å². The van der Waals surface area contributed by atoms with Gasteiger partial charge in [0.05, 0.1) is 23.5 Å². The first-order chi connectivity index (χ1) is 14.6. The first-order valence-electron chi connectivity index (χ1n) is 9.33. The molecule has 30 heavy (non-hydrogen) atoms. The highest BCUT2D eigenvalue weighted by Gasteiger charge is 2.27. The summed E-state index contributed by atoms with van der Waals surface area (Å²) in [6.45, 7) is 2.24. The maximum absolute atomic E-state index is 14.1. The van der Waals surface area contributed by atoms with E-state index in [0.717, 1.165) is 26.7 Å². The maximum atomic E-state index is 14.1. The molecule has 0 amide bonds. The summed E-state index contributed by atoms with van der Waals surface area (Å²) < 4.78 is 34.0.